The summed E-state index contributed by atoms with van der Waals surface area (Å²) in [4.78, 5) is 14.7. The SMILES string of the molecule is Cc1cccc(S(=O)(=O)c2cn(C)c3cc(N4CCCCC4)c(F)cc3c2=O)c1. The maximum Gasteiger partial charge on any atom is 0.211 e. The van der Waals surface area contributed by atoms with Gasteiger partial charge in [-0.25, -0.2) is 12.8 Å². The van der Waals surface area contributed by atoms with E-state index in [-0.39, 0.29) is 15.2 Å². The Kier molecular flexibility index (Phi) is 4.94. The minimum atomic E-state index is -4.02. The van der Waals surface area contributed by atoms with Crippen molar-refractivity contribution in [2.45, 2.75) is 36.0 Å². The summed E-state index contributed by atoms with van der Waals surface area (Å²) < 4.78 is 42.6. The van der Waals surface area contributed by atoms with E-state index in [0.717, 1.165) is 37.9 Å². The Labute approximate surface area is 169 Å². The quantitative estimate of drug-likeness (QED) is 0.654. The molecule has 0 unspecified atom stereocenters. The van der Waals surface area contributed by atoms with Crippen molar-refractivity contribution < 1.29 is 12.8 Å². The third kappa shape index (κ3) is 3.44. The summed E-state index contributed by atoms with van der Waals surface area (Å²) in [6.45, 7) is 3.33. The molecule has 2 aromatic carbocycles. The smallest absolute Gasteiger partial charge is 0.211 e. The fourth-order valence-corrected chi connectivity index (χ4v) is 5.44. The second-order valence-corrected chi connectivity index (χ2v) is 9.54. The van der Waals surface area contributed by atoms with Crippen LogP contribution in [0.25, 0.3) is 10.9 Å². The maximum atomic E-state index is 14.9. The number of benzene rings is 2. The third-order valence-corrected chi connectivity index (χ3v) is 7.25. The lowest BCUT2D eigenvalue weighted by molar-refractivity contribution is 0.557. The van der Waals surface area contributed by atoms with Gasteiger partial charge in [0.25, 0.3) is 0 Å². The lowest BCUT2D eigenvalue weighted by Crippen LogP contribution is -2.30. The van der Waals surface area contributed by atoms with E-state index in [2.05, 4.69) is 0 Å². The molecular weight excluding hydrogens is 391 g/mol. The van der Waals surface area contributed by atoms with Crippen LogP contribution in [0, 0.1) is 12.7 Å². The molecule has 152 valence electrons. The van der Waals surface area contributed by atoms with Crippen LogP contribution < -0.4 is 10.3 Å². The van der Waals surface area contributed by atoms with Gasteiger partial charge < -0.3 is 9.47 Å². The van der Waals surface area contributed by atoms with Gasteiger partial charge in [-0.05, 0) is 56.0 Å². The average Bonchev–Trinajstić information content (AvgIpc) is 2.71. The van der Waals surface area contributed by atoms with E-state index in [1.165, 1.54) is 24.4 Å². The molecule has 0 radical (unpaired) electrons. The van der Waals surface area contributed by atoms with Crippen LogP contribution in [-0.4, -0.2) is 26.1 Å². The van der Waals surface area contributed by atoms with E-state index in [4.69, 9.17) is 0 Å². The Bertz CT molecular complexity index is 1260. The Morgan fingerprint density at radius 2 is 1.76 bits per heavy atom. The number of hydrogen-bond acceptors (Lipinski definition) is 4. The van der Waals surface area contributed by atoms with Crippen LogP contribution in [0.15, 0.2) is 57.2 Å². The van der Waals surface area contributed by atoms with Gasteiger partial charge in [0.1, 0.15) is 10.7 Å². The zero-order chi connectivity index (χ0) is 20.8. The number of halogens is 1. The van der Waals surface area contributed by atoms with Gasteiger partial charge >= 0.3 is 0 Å². The summed E-state index contributed by atoms with van der Waals surface area (Å²) >= 11 is 0. The predicted octanol–water partition coefficient (Wildman–Crippen LogP) is 3.81. The van der Waals surface area contributed by atoms with Crippen molar-refractivity contribution in [3.63, 3.8) is 0 Å². The largest absolute Gasteiger partial charge is 0.369 e. The van der Waals surface area contributed by atoms with E-state index in [1.807, 2.05) is 4.90 Å². The molecule has 0 atom stereocenters. The molecule has 1 saturated heterocycles. The standard InChI is InChI=1S/C22H23FN2O3S/c1-15-7-6-8-16(11-15)29(27,28)21-14-24(2)19-13-20(25-9-4-3-5-10-25)18(23)12-17(19)22(21)26/h6-8,11-14H,3-5,9-10H2,1-2H3. The van der Waals surface area contributed by atoms with Crippen LogP contribution in [0.1, 0.15) is 24.8 Å². The molecule has 7 heteroatoms. The Balaban J connectivity index is 1.90. The van der Waals surface area contributed by atoms with Crippen LogP contribution >= 0.6 is 0 Å². The molecule has 0 saturated carbocycles. The molecule has 1 aromatic heterocycles. The summed E-state index contributed by atoms with van der Waals surface area (Å²) in [5, 5.41) is 0.0690. The molecule has 2 heterocycles. The number of anilines is 1. The molecule has 1 aliphatic heterocycles. The average molecular weight is 415 g/mol. The molecule has 0 spiro atoms. The lowest BCUT2D eigenvalue weighted by Gasteiger charge is -2.29. The van der Waals surface area contributed by atoms with E-state index in [9.17, 15) is 17.6 Å². The summed E-state index contributed by atoms with van der Waals surface area (Å²) in [5.41, 5.74) is 1.08. The molecule has 0 amide bonds. The van der Waals surface area contributed by atoms with Gasteiger partial charge in [0.2, 0.25) is 15.3 Å². The number of nitrogens with zero attached hydrogens (tertiary/aromatic N) is 2. The fraction of sp³-hybridized carbons (Fsp3) is 0.318. The van der Waals surface area contributed by atoms with Gasteiger partial charge in [-0.3, -0.25) is 4.79 Å². The second kappa shape index (κ2) is 7.30. The fourth-order valence-electron chi connectivity index (χ4n) is 3.94. The van der Waals surface area contributed by atoms with Crippen LogP contribution in [0.3, 0.4) is 0 Å². The molecule has 4 rings (SSSR count). The number of hydrogen-bond donors (Lipinski definition) is 0. The highest BCUT2D eigenvalue weighted by Gasteiger charge is 2.25. The van der Waals surface area contributed by atoms with E-state index in [1.54, 1.807) is 36.7 Å². The normalized spacial score (nSPS) is 15.1. The van der Waals surface area contributed by atoms with Crippen LogP contribution in [0.2, 0.25) is 0 Å². The molecular formula is C22H23FN2O3S. The van der Waals surface area contributed by atoms with E-state index in [0.29, 0.717) is 11.2 Å². The summed E-state index contributed by atoms with van der Waals surface area (Å²) in [6.07, 6.45) is 4.47. The number of pyridine rings is 1. The van der Waals surface area contributed by atoms with Crippen LogP contribution in [-0.2, 0) is 16.9 Å². The van der Waals surface area contributed by atoms with Gasteiger partial charge in [0, 0.05) is 26.3 Å². The second-order valence-electron chi connectivity index (χ2n) is 7.62. The summed E-state index contributed by atoms with van der Waals surface area (Å²) in [6, 6.07) is 9.25. The first-order valence-corrected chi connectivity index (χ1v) is 11.2. The van der Waals surface area contributed by atoms with Crippen molar-refractivity contribution in [1.29, 1.82) is 0 Å². The molecule has 3 aromatic rings. The molecule has 1 aliphatic rings. The maximum absolute atomic E-state index is 14.9. The zero-order valence-electron chi connectivity index (χ0n) is 16.5. The highest BCUT2D eigenvalue weighted by Crippen LogP contribution is 2.28. The highest BCUT2D eigenvalue weighted by molar-refractivity contribution is 7.91. The van der Waals surface area contributed by atoms with Gasteiger partial charge in [-0.2, -0.15) is 0 Å². The van der Waals surface area contributed by atoms with Crippen molar-refractivity contribution in [3.05, 3.63) is 64.2 Å². The van der Waals surface area contributed by atoms with Crippen molar-refractivity contribution in [1.82, 2.24) is 4.57 Å². The van der Waals surface area contributed by atoms with Crippen molar-refractivity contribution in [2.75, 3.05) is 18.0 Å². The molecule has 29 heavy (non-hydrogen) atoms. The number of aryl methyl sites for hydroxylation is 2. The number of piperidine rings is 1. The molecule has 0 bridgehead atoms. The van der Waals surface area contributed by atoms with Gasteiger partial charge in [0.05, 0.1) is 21.5 Å². The van der Waals surface area contributed by atoms with Crippen molar-refractivity contribution in [2.24, 2.45) is 7.05 Å². The molecule has 1 fully saturated rings. The zero-order valence-corrected chi connectivity index (χ0v) is 17.3. The minimum Gasteiger partial charge on any atom is -0.369 e. The number of rotatable bonds is 3. The Morgan fingerprint density at radius 1 is 1.03 bits per heavy atom. The number of aromatic nitrogens is 1. The molecule has 0 N–H and O–H groups in total. The Morgan fingerprint density at radius 3 is 2.45 bits per heavy atom. The topological polar surface area (TPSA) is 59.4 Å². The van der Waals surface area contributed by atoms with E-state index < -0.39 is 21.1 Å². The van der Waals surface area contributed by atoms with Crippen molar-refractivity contribution in [3.8, 4) is 0 Å². The van der Waals surface area contributed by atoms with E-state index >= 15 is 0 Å². The molecule has 0 aliphatic carbocycles. The Hall–Kier alpha value is -2.67. The van der Waals surface area contributed by atoms with Gasteiger partial charge in [0.15, 0.2) is 0 Å². The molecule has 5 nitrogen and oxygen atoms in total. The van der Waals surface area contributed by atoms with Crippen LogP contribution in [0.4, 0.5) is 10.1 Å². The van der Waals surface area contributed by atoms with Gasteiger partial charge in [-0.1, -0.05) is 12.1 Å². The number of sulfone groups is 1. The first-order valence-electron chi connectivity index (χ1n) is 9.68. The van der Waals surface area contributed by atoms with Crippen LogP contribution in [0.5, 0.6) is 0 Å². The monoisotopic (exact) mass is 414 g/mol. The third-order valence-electron chi connectivity index (χ3n) is 5.51. The lowest BCUT2D eigenvalue weighted by atomic mass is 10.1. The highest BCUT2D eigenvalue weighted by atomic mass is 32.2. The minimum absolute atomic E-state index is 0.0550. The summed E-state index contributed by atoms with van der Waals surface area (Å²) in [7, 11) is -2.34. The predicted molar refractivity (Wildman–Crippen MR) is 112 cm³/mol. The first kappa shape index (κ1) is 19.6. The summed E-state index contributed by atoms with van der Waals surface area (Å²) in [5.74, 6) is -0.499. The van der Waals surface area contributed by atoms with Gasteiger partial charge in [-0.15, -0.1) is 0 Å². The van der Waals surface area contributed by atoms with Crippen molar-refractivity contribution >= 4 is 26.4 Å². The number of fused-ring (bicyclic) bond motifs is 1. The first-order chi connectivity index (χ1) is 13.8.